The molecule has 1 atom stereocenters. The SMILES string of the molecule is CCC1=[C]([Ti]([CH]2c3ccccc3-c3ccccc32)=[Si](C)C)C(CC)C=C1.Cl.Cl. The van der Waals surface area contributed by atoms with Crippen LogP contribution in [-0.2, 0) is 16.6 Å². The molecule has 0 spiro atoms. The fraction of sp³-hybridized carbons (Fsp3) is 0.333. The second-order valence-corrected chi connectivity index (χ2v) is 19.6. The van der Waals surface area contributed by atoms with E-state index in [0.717, 1.165) is 0 Å². The van der Waals surface area contributed by atoms with Gasteiger partial charge >= 0.3 is 165 Å². The van der Waals surface area contributed by atoms with Crippen LogP contribution >= 0.6 is 24.8 Å². The summed E-state index contributed by atoms with van der Waals surface area (Å²) < 4.78 is 2.61. The minimum absolute atomic E-state index is 0. The molecule has 0 radical (unpaired) electrons. The maximum atomic E-state index is 2.59. The molecule has 2 aromatic carbocycles. The second-order valence-electron chi connectivity index (χ2n) is 7.69. The number of allylic oxidation sites excluding steroid dienone is 4. The maximum Gasteiger partial charge on any atom is -0.147 e. The first-order valence-electron chi connectivity index (χ1n) is 9.94. The van der Waals surface area contributed by atoms with Gasteiger partial charge in [-0.2, -0.15) is 0 Å². The van der Waals surface area contributed by atoms with E-state index in [-0.39, 0.29) is 31.0 Å². The molecule has 0 aliphatic heterocycles. The molecule has 4 rings (SSSR count). The van der Waals surface area contributed by atoms with Crippen LogP contribution in [0.1, 0.15) is 42.0 Å². The number of benzene rings is 2. The molecular formula is C24H30Cl2SiTi. The normalized spacial score (nSPS) is 16.9. The molecule has 0 heterocycles. The Bertz CT molecular complexity index is 909. The van der Waals surface area contributed by atoms with Gasteiger partial charge in [0.15, 0.2) is 0 Å². The van der Waals surface area contributed by atoms with Gasteiger partial charge in [-0.3, -0.25) is 0 Å². The van der Waals surface area contributed by atoms with Crippen molar-refractivity contribution in [1.82, 2.24) is 0 Å². The Kier molecular flexibility index (Phi) is 8.43. The van der Waals surface area contributed by atoms with Crippen molar-refractivity contribution in [3.8, 4) is 11.1 Å². The summed E-state index contributed by atoms with van der Waals surface area (Å²) in [6, 6.07) is 18.5. The van der Waals surface area contributed by atoms with Gasteiger partial charge in [-0.25, -0.2) is 0 Å². The Balaban J connectivity index is 0.00000140. The molecule has 0 saturated carbocycles. The van der Waals surface area contributed by atoms with E-state index in [1.54, 1.807) is 16.7 Å². The van der Waals surface area contributed by atoms with E-state index in [4.69, 9.17) is 0 Å². The second kappa shape index (κ2) is 9.96. The van der Waals surface area contributed by atoms with Gasteiger partial charge in [-0.1, -0.05) is 0 Å². The molecule has 0 bridgehead atoms. The molecule has 2 aromatic rings. The fourth-order valence-corrected chi connectivity index (χ4v) is 18.2. The van der Waals surface area contributed by atoms with E-state index >= 15 is 0 Å². The summed E-state index contributed by atoms with van der Waals surface area (Å²) in [6.07, 6.45) is 7.10. The molecule has 0 aromatic heterocycles. The van der Waals surface area contributed by atoms with Crippen molar-refractivity contribution in [2.45, 2.75) is 44.0 Å². The first-order valence-corrected chi connectivity index (χ1v) is 16.5. The zero-order chi connectivity index (χ0) is 18.3. The van der Waals surface area contributed by atoms with Crippen LogP contribution in [0.2, 0.25) is 13.1 Å². The summed E-state index contributed by atoms with van der Waals surface area (Å²) in [4.78, 5) is 0. The van der Waals surface area contributed by atoms with Crippen LogP contribution in [0, 0.1) is 5.92 Å². The molecule has 0 fully saturated rings. The van der Waals surface area contributed by atoms with E-state index in [0.29, 0.717) is 10.1 Å². The van der Waals surface area contributed by atoms with Gasteiger partial charge in [-0.15, -0.1) is 24.8 Å². The number of hydrogen-bond acceptors (Lipinski definition) is 0. The van der Waals surface area contributed by atoms with Gasteiger partial charge in [0.1, 0.15) is 0 Å². The van der Waals surface area contributed by atoms with Gasteiger partial charge in [0.05, 0.1) is 0 Å². The van der Waals surface area contributed by atoms with Crippen LogP contribution in [0.3, 0.4) is 0 Å². The molecule has 28 heavy (non-hydrogen) atoms. The minimum atomic E-state index is -1.48. The van der Waals surface area contributed by atoms with Gasteiger partial charge in [-0.05, 0) is 0 Å². The molecular weight excluding hydrogens is 435 g/mol. The predicted octanol–water partition coefficient (Wildman–Crippen LogP) is 7.73. The van der Waals surface area contributed by atoms with Crippen LogP contribution in [0.15, 0.2) is 70.1 Å². The Hall–Kier alpha value is -0.569. The summed E-state index contributed by atoms with van der Waals surface area (Å²) in [5.41, 5.74) is 7.93. The van der Waals surface area contributed by atoms with Gasteiger partial charge in [0.2, 0.25) is 0 Å². The maximum absolute atomic E-state index is 2.59. The Labute approximate surface area is 189 Å². The molecule has 0 saturated heterocycles. The molecule has 1 unspecified atom stereocenters. The Morgan fingerprint density at radius 1 is 0.857 bits per heavy atom. The Morgan fingerprint density at radius 2 is 1.39 bits per heavy atom. The molecule has 4 heteroatoms. The van der Waals surface area contributed by atoms with Gasteiger partial charge in [0, 0.05) is 0 Å². The van der Waals surface area contributed by atoms with Crippen molar-refractivity contribution in [3.63, 3.8) is 0 Å². The smallest absolute Gasteiger partial charge is 0.147 e. The fourth-order valence-electron chi connectivity index (χ4n) is 4.86. The van der Waals surface area contributed by atoms with Crippen molar-refractivity contribution in [3.05, 3.63) is 81.3 Å². The Morgan fingerprint density at radius 3 is 1.86 bits per heavy atom. The standard InChI is InChI=1S/C13H9.C9H13.C2H6Si.2ClH.Ti/c1-3-7-12-10(5-1)9-11-6-2-4-8-13(11)12;1-3-8-5-6-9(4-2)7-8;1-3-2;;;/h1-9H;5-6,8H,3-4H2,1-2H3;1-2H3;2*1H;. The summed E-state index contributed by atoms with van der Waals surface area (Å²) >= 11 is -1.48. The summed E-state index contributed by atoms with van der Waals surface area (Å²) in [5, 5.41) is 0. The quantitative estimate of drug-likeness (QED) is 0.406. The van der Waals surface area contributed by atoms with Crippen molar-refractivity contribution >= 4 is 31.0 Å². The number of fused-ring (bicyclic) bond motifs is 3. The van der Waals surface area contributed by atoms with Gasteiger partial charge < -0.3 is 0 Å². The van der Waals surface area contributed by atoms with E-state index in [1.165, 1.54) is 24.0 Å². The van der Waals surface area contributed by atoms with Gasteiger partial charge in [0.25, 0.3) is 0 Å². The van der Waals surface area contributed by atoms with Crippen LogP contribution < -0.4 is 0 Å². The van der Waals surface area contributed by atoms with Crippen molar-refractivity contribution < 1.29 is 16.6 Å². The van der Waals surface area contributed by atoms with Crippen LogP contribution in [0.5, 0.6) is 0 Å². The summed E-state index contributed by atoms with van der Waals surface area (Å²) in [7, 11) is 0. The van der Waals surface area contributed by atoms with E-state index in [2.05, 4.69) is 87.6 Å². The van der Waals surface area contributed by atoms with Crippen LogP contribution in [0.25, 0.3) is 11.1 Å². The van der Waals surface area contributed by atoms with E-state index in [1.807, 2.05) is 3.88 Å². The predicted molar refractivity (Wildman–Crippen MR) is 126 cm³/mol. The van der Waals surface area contributed by atoms with E-state index < -0.39 is 16.6 Å². The van der Waals surface area contributed by atoms with Crippen molar-refractivity contribution in [2.75, 3.05) is 0 Å². The topological polar surface area (TPSA) is 0 Å². The number of halogens is 2. The summed E-state index contributed by atoms with van der Waals surface area (Å²) in [5.74, 6) is 0.708. The molecule has 2 aliphatic rings. The number of rotatable bonds is 4. The first kappa shape index (κ1) is 23.7. The molecule has 0 amide bonds. The number of hydrogen-bond donors (Lipinski definition) is 0. The van der Waals surface area contributed by atoms with Crippen molar-refractivity contribution in [1.29, 1.82) is 0 Å². The average Bonchev–Trinajstić information content (AvgIpc) is 3.22. The zero-order valence-corrected chi connectivity index (χ0v) is 21.4. The molecule has 0 N–H and O–H groups in total. The van der Waals surface area contributed by atoms with Crippen molar-refractivity contribution in [2.24, 2.45) is 5.92 Å². The largest absolute Gasteiger partial charge is 0.147 e. The first-order chi connectivity index (χ1) is 12.7. The zero-order valence-electron chi connectivity index (χ0n) is 17.2. The van der Waals surface area contributed by atoms with E-state index in [9.17, 15) is 0 Å². The third kappa shape index (κ3) is 3.89. The monoisotopic (exact) mass is 464 g/mol. The third-order valence-corrected chi connectivity index (χ3v) is 18.3. The molecule has 0 nitrogen and oxygen atoms in total. The molecule has 148 valence electrons. The molecule has 2 aliphatic carbocycles. The van der Waals surface area contributed by atoms with Crippen LogP contribution in [0.4, 0.5) is 0 Å². The average molecular weight is 465 g/mol. The van der Waals surface area contributed by atoms with Crippen LogP contribution in [-0.4, -0.2) is 6.19 Å². The summed E-state index contributed by atoms with van der Waals surface area (Å²) in [6.45, 7) is 9.91. The minimum Gasteiger partial charge on any atom is -0.147 e. The third-order valence-electron chi connectivity index (χ3n) is 6.02.